The highest BCUT2D eigenvalue weighted by Gasteiger charge is 2.32. The quantitative estimate of drug-likeness (QED) is 0.570. The molecular weight excluding hydrogens is 404 g/mol. The van der Waals surface area contributed by atoms with Gasteiger partial charge in [-0.3, -0.25) is 14.2 Å². The smallest absolute Gasteiger partial charge is 0.361 e. The average molecular weight is 426 g/mol. The van der Waals surface area contributed by atoms with Gasteiger partial charge in [0.05, 0.1) is 18.8 Å². The summed E-state index contributed by atoms with van der Waals surface area (Å²) in [7, 11) is 0. The Kier molecular flexibility index (Phi) is 5.45. The van der Waals surface area contributed by atoms with Crippen molar-refractivity contribution in [3.8, 4) is 5.75 Å². The predicted octanol–water partition coefficient (Wildman–Crippen LogP) is 2.25. The number of rotatable bonds is 5. The van der Waals surface area contributed by atoms with Crippen molar-refractivity contribution in [3.05, 3.63) is 46.1 Å². The van der Waals surface area contributed by atoms with Gasteiger partial charge in [0.2, 0.25) is 11.6 Å². The first-order chi connectivity index (χ1) is 15.0. The topological polar surface area (TPSA) is 117 Å². The first kappa shape index (κ1) is 20.6. The fraction of sp³-hybridized carbons (Fsp3) is 0.381. The van der Waals surface area contributed by atoms with E-state index in [9.17, 15) is 14.4 Å². The standard InChI is InChI=1S/C21H22N4O6/c1-4-13(19(26)24-8-9-30-15-7-6-12(3)10-14(15)24)25-11-22-18-16(20(25)27)17(23-31-18)21(28)29-5-2/h6-7,10-11,13H,4-5,8-9H2,1-3H3. The Hall–Kier alpha value is -3.69. The maximum Gasteiger partial charge on any atom is 0.361 e. The number of esters is 1. The maximum absolute atomic E-state index is 13.5. The van der Waals surface area contributed by atoms with E-state index >= 15 is 0 Å². The summed E-state index contributed by atoms with van der Waals surface area (Å²) < 4.78 is 16.8. The number of nitrogens with zero attached hydrogens (tertiary/aromatic N) is 4. The molecule has 0 saturated carbocycles. The van der Waals surface area contributed by atoms with Gasteiger partial charge in [0.1, 0.15) is 30.1 Å². The number of aromatic nitrogens is 3. The number of fused-ring (bicyclic) bond motifs is 2. The summed E-state index contributed by atoms with van der Waals surface area (Å²) in [5.41, 5.74) is 0.720. The molecule has 0 N–H and O–H groups in total. The SMILES string of the molecule is CCOC(=O)c1noc2ncn(C(CC)C(=O)N3CCOc4ccc(C)cc43)c(=O)c12. The van der Waals surface area contributed by atoms with Crippen LogP contribution in [0.4, 0.5) is 5.69 Å². The van der Waals surface area contributed by atoms with Crippen molar-refractivity contribution < 1.29 is 23.6 Å². The van der Waals surface area contributed by atoms with E-state index in [1.54, 1.807) is 18.7 Å². The molecule has 0 spiro atoms. The van der Waals surface area contributed by atoms with Crippen LogP contribution in [0.1, 0.15) is 42.4 Å². The summed E-state index contributed by atoms with van der Waals surface area (Å²) in [6.07, 6.45) is 1.58. The number of anilines is 1. The van der Waals surface area contributed by atoms with Crippen molar-refractivity contribution in [1.82, 2.24) is 14.7 Å². The third-order valence-corrected chi connectivity index (χ3v) is 5.14. The maximum atomic E-state index is 13.5. The molecule has 3 heterocycles. The highest BCUT2D eigenvalue weighted by molar-refractivity contribution is 6.00. The van der Waals surface area contributed by atoms with Gasteiger partial charge < -0.3 is 18.9 Å². The summed E-state index contributed by atoms with van der Waals surface area (Å²) >= 11 is 0. The molecule has 10 heteroatoms. The monoisotopic (exact) mass is 426 g/mol. The number of carbonyl (C=O) groups excluding carboxylic acids is 2. The zero-order valence-electron chi connectivity index (χ0n) is 17.5. The van der Waals surface area contributed by atoms with E-state index in [-0.39, 0.29) is 29.3 Å². The average Bonchev–Trinajstić information content (AvgIpc) is 3.20. The van der Waals surface area contributed by atoms with Crippen LogP contribution in [0.2, 0.25) is 0 Å². The first-order valence-corrected chi connectivity index (χ1v) is 10.0. The lowest BCUT2D eigenvalue weighted by atomic mass is 10.1. The lowest BCUT2D eigenvalue weighted by molar-refractivity contribution is -0.122. The summed E-state index contributed by atoms with van der Waals surface area (Å²) in [4.78, 5) is 44.6. The Morgan fingerprint density at radius 2 is 2.10 bits per heavy atom. The van der Waals surface area contributed by atoms with Gasteiger partial charge in [0.25, 0.3) is 11.3 Å². The zero-order chi connectivity index (χ0) is 22.1. The second kappa shape index (κ2) is 8.21. The number of hydrogen-bond acceptors (Lipinski definition) is 8. The van der Waals surface area contributed by atoms with Gasteiger partial charge in [0.15, 0.2) is 0 Å². The number of aryl methyl sites for hydroxylation is 1. The van der Waals surface area contributed by atoms with Gasteiger partial charge in [-0.05, 0) is 38.0 Å². The molecule has 0 radical (unpaired) electrons. The number of ether oxygens (including phenoxy) is 2. The molecule has 0 fully saturated rings. The van der Waals surface area contributed by atoms with E-state index in [2.05, 4.69) is 10.1 Å². The van der Waals surface area contributed by atoms with Crippen LogP contribution in [0.3, 0.4) is 0 Å². The molecule has 3 aromatic rings. The Morgan fingerprint density at radius 3 is 2.84 bits per heavy atom. The van der Waals surface area contributed by atoms with Crippen LogP contribution < -0.4 is 15.2 Å². The van der Waals surface area contributed by atoms with E-state index in [1.807, 2.05) is 25.1 Å². The van der Waals surface area contributed by atoms with Crippen LogP contribution in [0, 0.1) is 6.92 Å². The zero-order valence-corrected chi connectivity index (χ0v) is 17.5. The minimum atomic E-state index is -0.833. The summed E-state index contributed by atoms with van der Waals surface area (Å²) in [5.74, 6) is -0.436. The van der Waals surface area contributed by atoms with E-state index in [4.69, 9.17) is 14.0 Å². The fourth-order valence-corrected chi connectivity index (χ4v) is 3.65. The summed E-state index contributed by atoms with van der Waals surface area (Å²) in [5, 5.41) is 3.53. The molecule has 1 aromatic carbocycles. The van der Waals surface area contributed by atoms with E-state index in [0.717, 1.165) is 5.56 Å². The lowest BCUT2D eigenvalue weighted by Crippen LogP contribution is -2.44. The molecule has 1 unspecified atom stereocenters. The molecule has 1 aliphatic rings. The molecule has 1 amide bonds. The number of amides is 1. The molecule has 1 aliphatic heterocycles. The van der Waals surface area contributed by atoms with Crippen LogP contribution in [-0.2, 0) is 9.53 Å². The Morgan fingerprint density at radius 1 is 1.29 bits per heavy atom. The molecule has 0 bridgehead atoms. The predicted molar refractivity (Wildman–Crippen MR) is 110 cm³/mol. The van der Waals surface area contributed by atoms with Gasteiger partial charge in [-0.25, -0.2) is 9.78 Å². The molecule has 10 nitrogen and oxygen atoms in total. The first-order valence-electron chi connectivity index (χ1n) is 10.0. The third-order valence-electron chi connectivity index (χ3n) is 5.14. The van der Waals surface area contributed by atoms with Crippen molar-refractivity contribution in [2.75, 3.05) is 24.7 Å². The van der Waals surface area contributed by atoms with Gasteiger partial charge in [0, 0.05) is 0 Å². The second-order valence-corrected chi connectivity index (χ2v) is 7.12. The van der Waals surface area contributed by atoms with E-state index < -0.39 is 17.6 Å². The number of hydrogen-bond donors (Lipinski definition) is 0. The van der Waals surface area contributed by atoms with Gasteiger partial charge >= 0.3 is 5.97 Å². The Bertz CT molecular complexity index is 1210. The largest absolute Gasteiger partial charge is 0.490 e. The highest BCUT2D eigenvalue weighted by atomic mass is 16.5. The Balaban J connectivity index is 1.77. The number of carbonyl (C=O) groups is 2. The van der Waals surface area contributed by atoms with Crippen molar-refractivity contribution in [2.45, 2.75) is 33.2 Å². The van der Waals surface area contributed by atoms with Crippen LogP contribution in [-0.4, -0.2) is 46.3 Å². The molecule has 0 aliphatic carbocycles. The minimum Gasteiger partial charge on any atom is -0.490 e. The second-order valence-electron chi connectivity index (χ2n) is 7.12. The molecule has 0 saturated heterocycles. The van der Waals surface area contributed by atoms with Crippen LogP contribution in [0.5, 0.6) is 5.75 Å². The van der Waals surface area contributed by atoms with Crippen molar-refractivity contribution in [3.63, 3.8) is 0 Å². The third kappa shape index (κ3) is 3.54. The van der Waals surface area contributed by atoms with Crippen molar-refractivity contribution in [2.24, 2.45) is 0 Å². The van der Waals surface area contributed by atoms with E-state index in [0.29, 0.717) is 31.0 Å². The molecule has 4 rings (SSSR count). The van der Waals surface area contributed by atoms with E-state index in [1.165, 1.54) is 10.9 Å². The number of benzene rings is 1. The highest BCUT2D eigenvalue weighted by Crippen LogP contribution is 2.34. The normalized spacial score (nSPS) is 14.1. The fourth-order valence-electron chi connectivity index (χ4n) is 3.65. The van der Waals surface area contributed by atoms with Crippen molar-refractivity contribution >= 4 is 28.7 Å². The van der Waals surface area contributed by atoms with Crippen LogP contribution in [0.25, 0.3) is 11.1 Å². The van der Waals surface area contributed by atoms with Gasteiger partial charge in [-0.15, -0.1) is 0 Å². The molecule has 31 heavy (non-hydrogen) atoms. The minimum absolute atomic E-state index is 0.0843. The molecule has 1 atom stereocenters. The molecule has 162 valence electrons. The van der Waals surface area contributed by atoms with Crippen molar-refractivity contribution in [1.29, 1.82) is 0 Å². The van der Waals surface area contributed by atoms with Gasteiger partial charge in [-0.2, -0.15) is 0 Å². The summed E-state index contributed by atoms with van der Waals surface area (Å²) in [6, 6.07) is 4.78. The van der Waals surface area contributed by atoms with Crippen LogP contribution >= 0.6 is 0 Å². The van der Waals surface area contributed by atoms with Crippen LogP contribution in [0.15, 0.2) is 33.8 Å². The Labute approximate surface area is 177 Å². The molecule has 2 aromatic heterocycles. The lowest BCUT2D eigenvalue weighted by Gasteiger charge is -2.32. The summed E-state index contributed by atoms with van der Waals surface area (Å²) in [6.45, 7) is 6.20. The molecular formula is C21H22N4O6. The van der Waals surface area contributed by atoms with Gasteiger partial charge in [-0.1, -0.05) is 18.1 Å².